The molecule has 1 nitrogen and oxygen atoms in total. The van der Waals surface area contributed by atoms with Crippen LogP contribution in [-0.4, -0.2) is 16.0 Å². The average molecular weight is 181 g/mol. The van der Waals surface area contributed by atoms with Crippen LogP contribution in [0, 0.1) is 0 Å². The summed E-state index contributed by atoms with van der Waals surface area (Å²) < 4.78 is 0. The maximum atomic E-state index is 2.52. The highest BCUT2D eigenvalue weighted by Crippen LogP contribution is 2.38. The predicted octanol–water partition coefficient (Wildman–Crippen LogP) is 3.56. The molecule has 0 radical (unpaired) electrons. The van der Waals surface area contributed by atoms with Crippen LogP contribution in [0.1, 0.15) is 53.9 Å². The van der Waals surface area contributed by atoms with E-state index in [0.29, 0.717) is 11.1 Å². The molecule has 1 rings (SSSR count). The van der Waals surface area contributed by atoms with Crippen LogP contribution in [0.25, 0.3) is 0 Å². The topological polar surface area (TPSA) is 3.24 Å². The molecule has 1 saturated heterocycles. The van der Waals surface area contributed by atoms with E-state index in [1.807, 2.05) is 0 Å². The lowest BCUT2D eigenvalue weighted by Gasteiger charge is -2.52. The smallest absolute Gasteiger partial charge is 0.0346 e. The Balaban J connectivity index is 2.90. The first-order chi connectivity index (χ1) is 5.90. The Morgan fingerprint density at radius 3 is 1.85 bits per heavy atom. The number of rotatable bonds is 1. The highest BCUT2D eigenvalue weighted by Gasteiger charge is 2.38. The minimum absolute atomic E-state index is 0.328. The van der Waals surface area contributed by atoms with Gasteiger partial charge >= 0.3 is 0 Å². The highest BCUT2D eigenvalue weighted by atomic mass is 15.2. The van der Waals surface area contributed by atoms with Gasteiger partial charge in [-0.2, -0.15) is 0 Å². The molecule has 0 spiro atoms. The summed E-state index contributed by atoms with van der Waals surface area (Å²) in [6.07, 6.45) is 8.36. The molecular weight excluding hydrogens is 158 g/mol. The molecule has 0 bridgehead atoms. The molecular formula is C12H23N. The van der Waals surface area contributed by atoms with Gasteiger partial charge in [-0.3, -0.25) is 0 Å². The van der Waals surface area contributed by atoms with Crippen LogP contribution in [0.5, 0.6) is 0 Å². The van der Waals surface area contributed by atoms with E-state index in [0.717, 1.165) is 0 Å². The van der Waals surface area contributed by atoms with Crippen molar-refractivity contribution >= 4 is 0 Å². The summed E-state index contributed by atoms with van der Waals surface area (Å²) in [6.45, 7) is 11.5. The monoisotopic (exact) mass is 181 g/mol. The zero-order valence-corrected chi connectivity index (χ0v) is 9.72. The van der Waals surface area contributed by atoms with E-state index in [4.69, 9.17) is 0 Å². The van der Waals surface area contributed by atoms with Gasteiger partial charge in [0.1, 0.15) is 0 Å². The lowest BCUT2D eigenvalue weighted by Crippen LogP contribution is -2.55. The maximum Gasteiger partial charge on any atom is 0.0346 e. The van der Waals surface area contributed by atoms with Gasteiger partial charge in [0.05, 0.1) is 0 Å². The van der Waals surface area contributed by atoms with Crippen molar-refractivity contribution in [2.24, 2.45) is 0 Å². The van der Waals surface area contributed by atoms with Crippen molar-refractivity contribution in [1.82, 2.24) is 4.90 Å². The number of hydrogen-bond donors (Lipinski definition) is 0. The molecule has 0 amide bonds. The third-order valence-corrected chi connectivity index (χ3v) is 3.18. The van der Waals surface area contributed by atoms with E-state index < -0.39 is 0 Å². The second kappa shape index (κ2) is 3.36. The molecule has 0 unspecified atom stereocenters. The van der Waals surface area contributed by atoms with E-state index >= 15 is 0 Å². The fourth-order valence-corrected chi connectivity index (χ4v) is 2.57. The molecule has 0 aromatic carbocycles. The molecule has 1 aliphatic heterocycles. The molecule has 0 atom stereocenters. The average Bonchev–Trinajstić information content (AvgIpc) is 1.96. The minimum Gasteiger partial charge on any atom is -0.368 e. The zero-order valence-electron chi connectivity index (χ0n) is 9.72. The molecule has 1 heteroatoms. The lowest BCUT2D eigenvalue weighted by atomic mass is 9.80. The molecule has 1 heterocycles. The normalized spacial score (nSPS) is 26.7. The zero-order chi connectivity index (χ0) is 10.1. The Kier molecular flexibility index (Phi) is 2.74. The fourth-order valence-electron chi connectivity index (χ4n) is 2.57. The van der Waals surface area contributed by atoms with Crippen molar-refractivity contribution in [3.63, 3.8) is 0 Å². The summed E-state index contributed by atoms with van der Waals surface area (Å²) in [4.78, 5) is 2.52. The summed E-state index contributed by atoms with van der Waals surface area (Å²) in [5, 5.41) is 0. The van der Waals surface area contributed by atoms with Gasteiger partial charge in [0.25, 0.3) is 0 Å². The molecule has 0 aliphatic carbocycles. The molecule has 0 saturated carbocycles. The van der Waals surface area contributed by atoms with Crippen molar-refractivity contribution in [3.8, 4) is 0 Å². The lowest BCUT2D eigenvalue weighted by molar-refractivity contribution is 0.0190. The fraction of sp³-hybridized carbons (Fsp3) is 0.833. The van der Waals surface area contributed by atoms with Crippen molar-refractivity contribution < 1.29 is 0 Å². The molecule has 76 valence electrons. The largest absolute Gasteiger partial charge is 0.368 e. The van der Waals surface area contributed by atoms with Crippen LogP contribution >= 0.6 is 0 Å². The summed E-state index contributed by atoms with van der Waals surface area (Å²) in [7, 11) is 0. The van der Waals surface area contributed by atoms with Crippen LogP contribution in [0.2, 0.25) is 0 Å². The van der Waals surface area contributed by atoms with Crippen molar-refractivity contribution in [3.05, 3.63) is 12.3 Å². The number of hydrogen-bond acceptors (Lipinski definition) is 1. The van der Waals surface area contributed by atoms with Crippen LogP contribution in [-0.2, 0) is 0 Å². The molecule has 0 N–H and O–H groups in total. The Bertz CT molecular complexity index is 185. The standard InChI is InChI=1S/C12H23N/c1-6-10-13-11(2,3)8-7-9-12(13,4)5/h6,10H,7-9H2,1-5H3. The second-order valence-corrected chi connectivity index (χ2v) is 5.33. The van der Waals surface area contributed by atoms with E-state index in [-0.39, 0.29) is 0 Å². The van der Waals surface area contributed by atoms with Gasteiger partial charge in [-0.1, -0.05) is 6.08 Å². The Hall–Kier alpha value is -0.460. The van der Waals surface area contributed by atoms with Gasteiger partial charge in [0.15, 0.2) is 0 Å². The summed E-state index contributed by atoms with van der Waals surface area (Å²) >= 11 is 0. The summed E-state index contributed by atoms with van der Waals surface area (Å²) in [5.74, 6) is 0. The second-order valence-electron chi connectivity index (χ2n) is 5.33. The minimum atomic E-state index is 0.328. The molecule has 0 aromatic heterocycles. The van der Waals surface area contributed by atoms with Crippen LogP contribution in [0.15, 0.2) is 12.3 Å². The van der Waals surface area contributed by atoms with E-state index in [1.54, 1.807) is 0 Å². The van der Waals surface area contributed by atoms with Gasteiger partial charge in [-0.25, -0.2) is 0 Å². The third-order valence-electron chi connectivity index (χ3n) is 3.18. The summed E-state index contributed by atoms with van der Waals surface area (Å²) in [6, 6.07) is 0. The Morgan fingerprint density at radius 1 is 1.00 bits per heavy atom. The molecule has 1 fully saturated rings. The van der Waals surface area contributed by atoms with Gasteiger partial charge in [-0.15, -0.1) is 0 Å². The first-order valence-electron chi connectivity index (χ1n) is 5.32. The highest BCUT2D eigenvalue weighted by molar-refractivity contribution is 5.02. The first kappa shape index (κ1) is 10.6. The van der Waals surface area contributed by atoms with Crippen molar-refractivity contribution in [2.45, 2.75) is 65.0 Å². The molecule has 13 heavy (non-hydrogen) atoms. The van der Waals surface area contributed by atoms with Crippen molar-refractivity contribution in [1.29, 1.82) is 0 Å². The van der Waals surface area contributed by atoms with Crippen molar-refractivity contribution in [2.75, 3.05) is 0 Å². The molecule has 0 aromatic rings. The number of likely N-dealkylation sites (tertiary alicyclic amines) is 1. The maximum absolute atomic E-state index is 2.52. The third kappa shape index (κ3) is 2.07. The van der Waals surface area contributed by atoms with Gasteiger partial charge < -0.3 is 4.90 Å². The van der Waals surface area contributed by atoms with Gasteiger partial charge in [-0.05, 0) is 60.1 Å². The number of allylic oxidation sites excluding steroid dienone is 1. The van der Waals surface area contributed by atoms with E-state index in [1.165, 1.54) is 19.3 Å². The van der Waals surface area contributed by atoms with Crippen LogP contribution in [0.3, 0.4) is 0 Å². The molecule has 1 aliphatic rings. The Labute approximate surface area is 82.8 Å². The predicted molar refractivity (Wildman–Crippen MR) is 58.7 cm³/mol. The Morgan fingerprint density at radius 2 is 1.46 bits per heavy atom. The van der Waals surface area contributed by atoms with E-state index in [2.05, 4.69) is 51.8 Å². The van der Waals surface area contributed by atoms with Gasteiger partial charge in [0.2, 0.25) is 0 Å². The van der Waals surface area contributed by atoms with Crippen LogP contribution < -0.4 is 0 Å². The van der Waals surface area contributed by atoms with Crippen LogP contribution in [0.4, 0.5) is 0 Å². The number of nitrogens with zero attached hydrogens (tertiary/aromatic N) is 1. The SMILES string of the molecule is CC=CN1C(C)(C)CCCC1(C)C. The summed E-state index contributed by atoms with van der Waals surface area (Å²) in [5.41, 5.74) is 0.655. The number of piperidine rings is 1. The first-order valence-corrected chi connectivity index (χ1v) is 5.32. The quantitative estimate of drug-likeness (QED) is 0.598. The van der Waals surface area contributed by atoms with Gasteiger partial charge in [0, 0.05) is 11.1 Å². The van der Waals surface area contributed by atoms with E-state index in [9.17, 15) is 0 Å².